The maximum Gasteiger partial charge on any atom is 0.483 e. The summed E-state index contributed by atoms with van der Waals surface area (Å²) in [6.45, 7) is 1.62. The van der Waals surface area contributed by atoms with Gasteiger partial charge in [0, 0.05) is 13.3 Å². The van der Waals surface area contributed by atoms with Gasteiger partial charge < -0.3 is 10.0 Å². The Morgan fingerprint density at radius 3 is 2.44 bits per heavy atom. The van der Waals surface area contributed by atoms with Crippen molar-refractivity contribution in [3.8, 4) is 0 Å². The van der Waals surface area contributed by atoms with Gasteiger partial charge in [-0.2, -0.15) is 0 Å². The van der Waals surface area contributed by atoms with Gasteiger partial charge in [0.1, 0.15) is 0 Å². The van der Waals surface area contributed by atoms with E-state index in [1.54, 1.807) is 20.0 Å². The van der Waals surface area contributed by atoms with E-state index in [0.717, 1.165) is 0 Å². The summed E-state index contributed by atoms with van der Waals surface area (Å²) in [5, 5.41) is 16.9. The summed E-state index contributed by atoms with van der Waals surface area (Å²) in [5.74, 6) is 0. The molecule has 4 heteroatoms. The quantitative estimate of drug-likeness (QED) is 0.393. The number of aliphatic imine (C=N–C) groups is 1. The maximum absolute atomic E-state index is 8.47. The van der Waals surface area contributed by atoms with E-state index in [4.69, 9.17) is 10.0 Å². The molecule has 0 fully saturated rings. The van der Waals surface area contributed by atoms with E-state index in [1.165, 1.54) is 6.21 Å². The Kier molecular flexibility index (Phi) is 4.00. The third kappa shape index (κ3) is 3.94. The first-order chi connectivity index (χ1) is 4.18. The molecular formula is C5H10BNO2. The monoisotopic (exact) mass is 127 g/mol. The second-order valence-corrected chi connectivity index (χ2v) is 1.69. The van der Waals surface area contributed by atoms with E-state index in [9.17, 15) is 0 Å². The molecule has 3 nitrogen and oxygen atoms in total. The normalized spacial score (nSPS) is 12.7. The van der Waals surface area contributed by atoms with Gasteiger partial charge in [0.25, 0.3) is 0 Å². The number of nitrogens with zero attached hydrogens (tertiary/aromatic N) is 1. The van der Waals surface area contributed by atoms with Crippen molar-refractivity contribution in [3.63, 3.8) is 0 Å². The molecule has 0 spiro atoms. The second-order valence-electron chi connectivity index (χ2n) is 1.69. The van der Waals surface area contributed by atoms with Gasteiger partial charge in [0.2, 0.25) is 0 Å². The lowest BCUT2D eigenvalue weighted by Gasteiger charge is -1.92. The highest BCUT2D eigenvalue weighted by molar-refractivity contribution is 6.50. The van der Waals surface area contributed by atoms with Crippen LogP contribution in [-0.4, -0.2) is 30.4 Å². The zero-order valence-corrected chi connectivity index (χ0v) is 5.57. The summed E-state index contributed by atoms with van der Waals surface area (Å²) in [6.07, 6.45) is 3.06. The van der Waals surface area contributed by atoms with Crippen molar-refractivity contribution in [2.24, 2.45) is 4.99 Å². The number of rotatable bonds is 2. The van der Waals surface area contributed by atoms with Crippen LogP contribution in [0, 0.1) is 0 Å². The van der Waals surface area contributed by atoms with Crippen LogP contribution in [0.5, 0.6) is 0 Å². The minimum absolute atomic E-state index is 0.487. The van der Waals surface area contributed by atoms with E-state index in [2.05, 4.69) is 4.99 Å². The van der Waals surface area contributed by atoms with Gasteiger partial charge in [-0.05, 0) is 18.5 Å². The van der Waals surface area contributed by atoms with Gasteiger partial charge in [-0.3, -0.25) is 4.99 Å². The average molecular weight is 127 g/mol. The van der Waals surface area contributed by atoms with Gasteiger partial charge in [0.15, 0.2) is 0 Å². The summed E-state index contributed by atoms with van der Waals surface area (Å²) in [6, 6.07) is 0. The molecule has 0 aliphatic rings. The lowest BCUT2D eigenvalue weighted by molar-refractivity contribution is 0.419. The summed E-state index contributed by atoms with van der Waals surface area (Å²) in [7, 11) is 0.260. The lowest BCUT2D eigenvalue weighted by Crippen LogP contribution is -2.12. The first-order valence-electron chi connectivity index (χ1n) is 2.63. The molecule has 0 aromatic rings. The SMILES string of the molecule is CN=C/C=C(\C)B(O)O. The van der Waals surface area contributed by atoms with E-state index in [1.807, 2.05) is 0 Å². The molecule has 0 bridgehead atoms. The Bertz CT molecular complexity index is 131. The largest absolute Gasteiger partial charge is 0.483 e. The van der Waals surface area contributed by atoms with Crippen LogP contribution in [0.3, 0.4) is 0 Å². The van der Waals surface area contributed by atoms with Gasteiger partial charge in [0.05, 0.1) is 0 Å². The molecule has 0 aliphatic heterocycles. The fraction of sp³-hybridized carbons (Fsp3) is 0.400. The van der Waals surface area contributed by atoms with Gasteiger partial charge in [-0.15, -0.1) is 0 Å². The number of hydrogen-bond acceptors (Lipinski definition) is 3. The van der Waals surface area contributed by atoms with Crippen molar-refractivity contribution in [1.29, 1.82) is 0 Å². The second kappa shape index (κ2) is 4.29. The Morgan fingerprint density at radius 2 is 2.11 bits per heavy atom. The highest BCUT2D eigenvalue weighted by Crippen LogP contribution is 1.90. The van der Waals surface area contributed by atoms with Crippen molar-refractivity contribution in [1.82, 2.24) is 0 Å². The Balaban J connectivity index is 3.84. The molecule has 0 rings (SSSR count). The fourth-order valence-electron chi connectivity index (χ4n) is 0.278. The van der Waals surface area contributed by atoms with Crippen LogP contribution in [0.15, 0.2) is 16.5 Å². The third-order valence-electron chi connectivity index (χ3n) is 0.894. The fourth-order valence-corrected chi connectivity index (χ4v) is 0.278. The van der Waals surface area contributed by atoms with Crippen LogP contribution in [0.25, 0.3) is 0 Å². The zero-order valence-electron chi connectivity index (χ0n) is 5.57. The first kappa shape index (κ1) is 8.39. The molecule has 0 aromatic heterocycles. The van der Waals surface area contributed by atoms with E-state index in [-0.39, 0.29) is 0 Å². The van der Waals surface area contributed by atoms with Crippen molar-refractivity contribution in [2.45, 2.75) is 6.92 Å². The van der Waals surface area contributed by atoms with Gasteiger partial charge >= 0.3 is 7.12 Å². The number of allylic oxidation sites excluding steroid dienone is 2. The van der Waals surface area contributed by atoms with Crippen molar-refractivity contribution < 1.29 is 10.0 Å². The third-order valence-corrected chi connectivity index (χ3v) is 0.894. The molecule has 50 valence electrons. The molecule has 0 saturated heterocycles. The highest BCUT2D eigenvalue weighted by Gasteiger charge is 2.06. The topological polar surface area (TPSA) is 52.8 Å². The average Bonchev–Trinajstić information content (AvgIpc) is 1.82. The van der Waals surface area contributed by atoms with Crippen LogP contribution >= 0.6 is 0 Å². The first-order valence-corrected chi connectivity index (χ1v) is 2.63. The van der Waals surface area contributed by atoms with Gasteiger partial charge in [-0.25, -0.2) is 0 Å². The van der Waals surface area contributed by atoms with Crippen LogP contribution in [0.2, 0.25) is 0 Å². The molecule has 0 aromatic carbocycles. The zero-order chi connectivity index (χ0) is 7.28. The predicted octanol–water partition coefficient (Wildman–Crippen LogP) is -0.355. The predicted molar refractivity (Wildman–Crippen MR) is 38.4 cm³/mol. The van der Waals surface area contributed by atoms with E-state index < -0.39 is 7.12 Å². The minimum Gasteiger partial charge on any atom is -0.423 e. The number of hydrogen-bond donors (Lipinski definition) is 2. The summed E-state index contributed by atoms with van der Waals surface area (Å²) in [5.41, 5.74) is 0.487. The van der Waals surface area contributed by atoms with Crippen LogP contribution in [0.4, 0.5) is 0 Å². The Morgan fingerprint density at radius 1 is 1.56 bits per heavy atom. The standard InChI is InChI=1S/C5H10BNO2/c1-5(6(8)9)3-4-7-2/h3-4,8-9H,1-2H3/b5-3+,7-4?. The molecule has 0 atom stereocenters. The summed E-state index contributed by atoms with van der Waals surface area (Å²) >= 11 is 0. The molecule has 9 heavy (non-hydrogen) atoms. The lowest BCUT2D eigenvalue weighted by atomic mass is 9.81. The van der Waals surface area contributed by atoms with Crippen molar-refractivity contribution in [3.05, 3.63) is 11.5 Å². The molecule has 0 unspecified atom stereocenters. The van der Waals surface area contributed by atoms with Crippen molar-refractivity contribution in [2.75, 3.05) is 7.05 Å². The van der Waals surface area contributed by atoms with Gasteiger partial charge in [-0.1, -0.05) is 0 Å². The highest BCUT2D eigenvalue weighted by atomic mass is 16.4. The van der Waals surface area contributed by atoms with E-state index >= 15 is 0 Å². The summed E-state index contributed by atoms with van der Waals surface area (Å²) in [4.78, 5) is 3.63. The Hall–Kier alpha value is -0.605. The molecule has 2 N–H and O–H groups in total. The molecular weight excluding hydrogens is 117 g/mol. The van der Waals surface area contributed by atoms with Crippen LogP contribution in [0.1, 0.15) is 6.92 Å². The molecule has 0 radical (unpaired) electrons. The van der Waals surface area contributed by atoms with E-state index in [0.29, 0.717) is 5.47 Å². The minimum atomic E-state index is -1.36. The smallest absolute Gasteiger partial charge is 0.423 e. The molecule has 0 heterocycles. The van der Waals surface area contributed by atoms with Crippen molar-refractivity contribution >= 4 is 13.3 Å². The van der Waals surface area contributed by atoms with Crippen LogP contribution < -0.4 is 0 Å². The maximum atomic E-state index is 8.47. The molecule has 0 amide bonds. The molecule has 0 aliphatic carbocycles. The summed E-state index contributed by atoms with van der Waals surface area (Å²) < 4.78 is 0. The van der Waals surface area contributed by atoms with Crippen LogP contribution in [-0.2, 0) is 0 Å². The molecule has 0 saturated carbocycles. The Labute approximate surface area is 54.9 Å².